The van der Waals surface area contributed by atoms with E-state index < -0.39 is 14.9 Å². The molecular formula is C20H39NO7Si. The Kier molecular flexibility index (Phi) is 16.6. The zero-order valence-corrected chi connectivity index (χ0v) is 19.6. The first kappa shape index (κ1) is 27.6. The number of amides is 1. The predicted molar refractivity (Wildman–Crippen MR) is 114 cm³/mol. The van der Waals surface area contributed by atoms with Crippen LogP contribution in [0, 0.1) is 0 Å². The summed E-state index contributed by atoms with van der Waals surface area (Å²) in [5, 5.41) is 2.73. The zero-order chi connectivity index (χ0) is 22.0. The Morgan fingerprint density at radius 1 is 0.793 bits per heavy atom. The van der Waals surface area contributed by atoms with E-state index in [1.54, 1.807) is 28.3 Å². The Morgan fingerprint density at radius 3 is 1.76 bits per heavy atom. The normalized spacial score (nSPS) is 11.2. The van der Waals surface area contributed by atoms with E-state index in [0.717, 1.165) is 44.9 Å². The molecule has 0 spiro atoms. The average molecular weight is 434 g/mol. The van der Waals surface area contributed by atoms with Gasteiger partial charge in [0.1, 0.15) is 0 Å². The minimum absolute atomic E-state index is 0.316. The summed E-state index contributed by atoms with van der Waals surface area (Å²) in [7, 11) is 2.14. The van der Waals surface area contributed by atoms with Gasteiger partial charge in [-0.1, -0.05) is 38.7 Å². The van der Waals surface area contributed by atoms with Crippen molar-refractivity contribution in [2.75, 3.05) is 41.1 Å². The maximum Gasteiger partial charge on any atom is 0.500 e. The van der Waals surface area contributed by atoms with Gasteiger partial charge in [0.15, 0.2) is 0 Å². The van der Waals surface area contributed by atoms with Gasteiger partial charge in [-0.3, -0.25) is 0 Å². The number of esters is 1. The van der Waals surface area contributed by atoms with Gasteiger partial charge >= 0.3 is 20.9 Å². The molecule has 0 aliphatic heterocycles. The van der Waals surface area contributed by atoms with E-state index in [1.807, 2.05) is 0 Å². The predicted octanol–water partition coefficient (Wildman–Crippen LogP) is 3.83. The Morgan fingerprint density at radius 2 is 1.28 bits per heavy atom. The summed E-state index contributed by atoms with van der Waals surface area (Å²) in [5.41, 5.74) is 0.438. The van der Waals surface area contributed by atoms with E-state index in [0.29, 0.717) is 37.8 Å². The van der Waals surface area contributed by atoms with Gasteiger partial charge in [0, 0.05) is 39.5 Å². The Bertz CT molecular complexity index is 461. The maximum atomic E-state index is 11.6. The molecule has 0 saturated heterocycles. The second-order valence-electron chi connectivity index (χ2n) is 6.85. The third kappa shape index (κ3) is 14.2. The van der Waals surface area contributed by atoms with E-state index >= 15 is 0 Å². The standard InChI is InChI=1S/C20H39NO7Si/c1-18(2)19(22)27-15-11-9-7-6-8-10-12-16-28-20(23)21-14-13-17-29(24-3,25-4)26-5/h1,6-17H2,2-5H3,(H,21,23). The first-order valence-corrected chi connectivity index (χ1v) is 12.2. The second-order valence-corrected chi connectivity index (χ2v) is 9.94. The number of hydrogen-bond donors (Lipinski definition) is 1. The summed E-state index contributed by atoms with van der Waals surface area (Å²) in [6.45, 7) is 6.57. The molecule has 0 aromatic rings. The maximum absolute atomic E-state index is 11.6. The van der Waals surface area contributed by atoms with E-state index in [9.17, 15) is 9.59 Å². The lowest BCUT2D eigenvalue weighted by Crippen LogP contribution is -2.43. The SMILES string of the molecule is C=C(C)C(=O)OCCCCCCCCCOC(=O)NCCC[Si](OC)(OC)OC. The molecule has 0 rings (SSSR count). The van der Waals surface area contributed by atoms with Crippen LogP contribution in [0.5, 0.6) is 0 Å². The summed E-state index contributed by atoms with van der Waals surface area (Å²) >= 11 is 0. The molecule has 0 aromatic heterocycles. The molecule has 0 aliphatic rings. The van der Waals surface area contributed by atoms with Crippen LogP contribution < -0.4 is 5.32 Å². The van der Waals surface area contributed by atoms with E-state index in [-0.39, 0.29) is 5.97 Å². The fourth-order valence-corrected chi connectivity index (χ4v) is 4.37. The van der Waals surface area contributed by atoms with Gasteiger partial charge in [-0.25, -0.2) is 9.59 Å². The van der Waals surface area contributed by atoms with E-state index in [4.69, 9.17) is 22.8 Å². The van der Waals surface area contributed by atoms with Crippen molar-refractivity contribution in [1.82, 2.24) is 5.32 Å². The van der Waals surface area contributed by atoms with Crippen LogP contribution in [0.1, 0.15) is 58.3 Å². The highest BCUT2D eigenvalue weighted by molar-refractivity contribution is 6.60. The molecule has 0 fully saturated rings. The van der Waals surface area contributed by atoms with Crippen LogP contribution in [-0.2, 0) is 27.5 Å². The van der Waals surface area contributed by atoms with Crippen molar-refractivity contribution in [3.8, 4) is 0 Å². The fraction of sp³-hybridized carbons (Fsp3) is 0.800. The van der Waals surface area contributed by atoms with Gasteiger partial charge < -0.3 is 28.1 Å². The molecule has 0 heterocycles. The third-order valence-corrected chi connectivity index (χ3v) is 7.30. The van der Waals surface area contributed by atoms with Crippen LogP contribution in [-0.4, -0.2) is 62.0 Å². The van der Waals surface area contributed by atoms with Crippen molar-refractivity contribution in [1.29, 1.82) is 0 Å². The molecule has 0 unspecified atom stereocenters. The number of rotatable bonds is 18. The molecule has 1 amide bonds. The molecule has 0 aliphatic carbocycles. The highest BCUT2D eigenvalue weighted by Gasteiger charge is 2.36. The molecule has 29 heavy (non-hydrogen) atoms. The highest BCUT2D eigenvalue weighted by atomic mass is 28.4. The van der Waals surface area contributed by atoms with Crippen LogP contribution in [0.3, 0.4) is 0 Å². The van der Waals surface area contributed by atoms with Gasteiger partial charge in [-0.2, -0.15) is 0 Å². The van der Waals surface area contributed by atoms with Crippen molar-refractivity contribution >= 4 is 20.9 Å². The molecule has 8 nitrogen and oxygen atoms in total. The van der Waals surface area contributed by atoms with Gasteiger partial charge in [0.25, 0.3) is 0 Å². The summed E-state index contributed by atoms with van der Waals surface area (Å²) in [5.74, 6) is -0.316. The van der Waals surface area contributed by atoms with Gasteiger partial charge in [-0.15, -0.1) is 0 Å². The van der Waals surface area contributed by atoms with Crippen LogP contribution in [0.4, 0.5) is 4.79 Å². The van der Waals surface area contributed by atoms with Crippen molar-refractivity contribution < 1.29 is 32.3 Å². The molecular weight excluding hydrogens is 394 g/mol. The molecule has 170 valence electrons. The van der Waals surface area contributed by atoms with Gasteiger partial charge in [-0.05, 0) is 26.2 Å². The second kappa shape index (κ2) is 17.4. The molecule has 0 bridgehead atoms. The van der Waals surface area contributed by atoms with Crippen LogP contribution in [0.25, 0.3) is 0 Å². The minimum atomic E-state index is -2.57. The van der Waals surface area contributed by atoms with Crippen molar-refractivity contribution in [3.05, 3.63) is 12.2 Å². The Labute approximate surface area is 176 Å². The van der Waals surface area contributed by atoms with Crippen molar-refractivity contribution in [2.45, 2.75) is 64.3 Å². The first-order valence-electron chi connectivity index (χ1n) is 10.3. The summed E-state index contributed by atoms with van der Waals surface area (Å²) in [6.07, 6.45) is 7.46. The van der Waals surface area contributed by atoms with Crippen molar-refractivity contribution in [3.63, 3.8) is 0 Å². The first-order chi connectivity index (χ1) is 13.9. The molecule has 0 radical (unpaired) electrons. The topological polar surface area (TPSA) is 92.3 Å². The molecule has 0 saturated carbocycles. The average Bonchev–Trinajstić information content (AvgIpc) is 2.72. The Hall–Kier alpha value is -1.42. The third-order valence-electron chi connectivity index (χ3n) is 4.47. The molecule has 1 N–H and O–H groups in total. The Balaban J connectivity index is 3.46. The van der Waals surface area contributed by atoms with E-state index in [1.165, 1.54) is 0 Å². The largest absolute Gasteiger partial charge is 0.500 e. The number of ether oxygens (including phenoxy) is 2. The summed E-state index contributed by atoms with van der Waals surface area (Å²) < 4.78 is 26.2. The number of nitrogens with one attached hydrogen (secondary N) is 1. The molecule has 0 aromatic carbocycles. The van der Waals surface area contributed by atoms with Crippen molar-refractivity contribution in [2.24, 2.45) is 0 Å². The van der Waals surface area contributed by atoms with Gasteiger partial charge in [0.05, 0.1) is 13.2 Å². The molecule has 0 atom stereocenters. The fourth-order valence-electron chi connectivity index (χ4n) is 2.64. The number of carbonyl (C=O) groups is 2. The smallest absolute Gasteiger partial charge is 0.462 e. The summed E-state index contributed by atoms with van der Waals surface area (Å²) in [4.78, 5) is 22.8. The number of hydrogen-bond acceptors (Lipinski definition) is 7. The lowest BCUT2D eigenvalue weighted by molar-refractivity contribution is -0.139. The monoisotopic (exact) mass is 433 g/mol. The molecule has 9 heteroatoms. The van der Waals surface area contributed by atoms with Crippen LogP contribution in [0.15, 0.2) is 12.2 Å². The lowest BCUT2D eigenvalue weighted by atomic mass is 10.1. The highest BCUT2D eigenvalue weighted by Crippen LogP contribution is 2.14. The zero-order valence-electron chi connectivity index (χ0n) is 18.6. The number of carbonyl (C=O) groups excluding carboxylic acids is 2. The summed E-state index contributed by atoms with van der Waals surface area (Å²) in [6, 6.07) is 0.632. The van der Waals surface area contributed by atoms with Crippen LogP contribution >= 0.6 is 0 Å². The number of alkyl carbamates (subject to hydrolysis) is 1. The quantitative estimate of drug-likeness (QED) is 0.152. The van der Waals surface area contributed by atoms with Crippen LogP contribution in [0.2, 0.25) is 6.04 Å². The lowest BCUT2D eigenvalue weighted by Gasteiger charge is -2.24. The number of unbranched alkanes of at least 4 members (excludes halogenated alkanes) is 6. The minimum Gasteiger partial charge on any atom is -0.462 e. The van der Waals surface area contributed by atoms with E-state index in [2.05, 4.69) is 11.9 Å². The van der Waals surface area contributed by atoms with Gasteiger partial charge in [0.2, 0.25) is 0 Å².